The van der Waals surface area contributed by atoms with Gasteiger partial charge in [0, 0.05) is 55.7 Å². The molecule has 0 aliphatic carbocycles. The van der Waals surface area contributed by atoms with Gasteiger partial charge in [-0.2, -0.15) is 0 Å². The van der Waals surface area contributed by atoms with E-state index in [2.05, 4.69) is 31.2 Å². The molecular formula is C25H29N3O2S. The molecule has 1 fully saturated rings. The first-order valence-electron chi connectivity index (χ1n) is 10.7. The number of thiophene rings is 1. The highest BCUT2D eigenvalue weighted by Crippen LogP contribution is 2.26. The monoisotopic (exact) mass is 435 g/mol. The Morgan fingerprint density at radius 2 is 2.16 bits per heavy atom. The first-order valence-corrected chi connectivity index (χ1v) is 11.6. The summed E-state index contributed by atoms with van der Waals surface area (Å²) >= 11 is 1.62. The molecule has 4 rings (SSSR count). The van der Waals surface area contributed by atoms with E-state index in [-0.39, 0.29) is 12.0 Å². The summed E-state index contributed by atoms with van der Waals surface area (Å²) < 4.78 is 5.84. The number of nitrogens with zero attached hydrogens (tertiary/aromatic N) is 3. The summed E-state index contributed by atoms with van der Waals surface area (Å²) in [5, 5.41) is 3.11. The van der Waals surface area contributed by atoms with E-state index in [0.717, 1.165) is 52.2 Å². The maximum absolute atomic E-state index is 13.2. The third-order valence-electron chi connectivity index (χ3n) is 5.58. The molecule has 2 aromatic heterocycles. The van der Waals surface area contributed by atoms with Gasteiger partial charge < -0.3 is 14.5 Å². The van der Waals surface area contributed by atoms with Crippen molar-refractivity contribution in [3.63, 3.8) is 0 Å². The largest absolute Gasteiger partial charge is 0.376 e. The van der Waals surface area contributed by atoms with Crippen molar-refractivity contribution in [2.45, 2.75) is 32.4 Å². The minimum absolute atomic E-state index is 0.00190. The summed E-state index contributed by atoms with van der Waals surface area (Å²) in [6.45, 7) is 3.94. The normalized spacial score (nSPS) is 16.3. The Kier molecular flexibility index (Phi) is 6.68. The van der Waals surface area contributed by atoms with Gasteiger partial charge in [-0.3, -0.25) is 4.79 Å². The van der Waals surface area contributed by atoms with Gasteiger partial charge in [0.1, 0.15) is 5.82 Å². The van der Waals surface area contributed by atoms with Crippen LogP contribution in [0.5, 0.6) is 0 Å². The van der Waals surface area contributed by atoms with Gasteiger partial charge in [-0.05, 0) is 48.9 Å². The minimum atomic E-state index is -0.00190. The second kappa shape index (κ2) is 9.62. The van der Waals surface area contributed by atoms with Gasteiger partial charge in [0.2, 0.25) is 5.91 Å². The van der Waals surface area contributed by atoms with Gasteiger partial charge in [0.25, 0.3) is 0 Å². The van der Waals surface area contributed by atoms with Crippen LogP contribution in [0.1, 0.15) is 28.8 Å². The Bertz CT molecular complexity index is 1070. The van der Waals surface area contributed by atoms with E-state index >= 15 is 0 Å². The van der Waals surface area contributed by atoms with Crippen LogP contribution in [0.25, 0.3) is 17.0 Å². The maximum Gasteiger partial charge on any atom is 0.246 e. The summed E-state index contributed by atoms with van der Waals surface area (Å²) in [6.07, 6.45) is 5.71. The van der Waals surface area contributed by atoms with Crippen LogP contribution in [0, 0.1) is 6.92 Å². The molecular weight excluding hydrogens is 406 g/mol. The van der Waals surface area contributed by atoms with Crippen LogP contribution in [-0.4, -0.2) is 49.1 Å². The molecule has 0 N–H and O–H groups in total. The molecule has 5 nitrogen and oxygen atoms in total. The van der Waals surface area contributed by atoms with Crippen molar-refractivity contribution < 1.29 is 9.53 Å². The highest BCUT2D eigenvalue weighted by molar-refractivity contribution is 7.10. The van der Waals surface area contributed by atoms with Gasteiger partial charge in [-0.25, -0.2) is 4.98 Å². The molecule has 1 saturated heterocycles. The molecule has 0 unspecified atom stereocenters. The average Bonchev–Trinajstić information content (AvgIpc) is 3.45. The molecule has 3 aromatic rings. The van der Waals surface area contributed by atoms with Crippen molar-refractivity contribution >= 4 is 40.0 Å². The number of aromatic nitrogens is 1. The average molecular weight is 436 g/mol. The first-order chi connectivity index (χ1) is 15.0. The number of ether oxygens (including phenoxy) is 1. The molecule has 3 heterocycles. The van der Waals surface area contributed by atoms with Crippen molar-refractivity contribution in [2.75, 3.05) is 32.1 Å². The predicted octanol–water partition coefficient (Wildman–Crippen LogP) is 4.89. The molecule has 31 heavy (non-hydrogen) atoms. The lowest BCUT2D eigenvalue weighted by Crippen LogP contribution is -2.36. The number of anilines is 1. The lowest BCUT2D eigenvalue weighted by molar-refractivity contribution is -0.128. The number of hydrogen-bond donors (Lipinski definition) is 0. The Hall–Kier alpha value is -2.70. The van der Waals surface area contributed by atoms with Gasteiger partial charge >= 0.3 is 0 Å². The number of pyridine rings is 1. The number of benzene rings is 1. The van der Waals surface area contributed by atoms with Gasteiger partial charge in [0.05, 0.1) is 11.6 Å². The zero-order chi connectivity index (χ0) is 21.8. The predicted molar refractivity (Wildman–Crippen MR) is 129 cm³/mol. The zero-order valence-corrected chi connectivity index (χ0v) is 19.2. The second-order valence-corrected chi connectivity index (χ2v) is 9.19. The van der Waals surface area contributed by atoms with Crippen LogP contribution in [0.15, 0.2) is 47.9 Å². The number of carbonyl (C=O) groups is 1. The first kappa shape index (κ1) is 21.5. The molecule has 0 saturated carbocycles. The topological polar surface area (TPSA) is 45.7 Å². The summed E-state index contributed by atoms with van der Waals surface area (Å²) in [4.78, 5) is 23.1. The van der Waals surface area contributed by atoms with Crippen molar-refractivity contribution in [1.82, 2.24) is 9.88 Å². The minimum Gasteiger partial charge on any atom is -0.376 e. The van der Waals surface area contributed by atoms with Crippen LogP contribution in [0.4, 0.5) is 5.82 Å². The fourth-order valence-corrected chi connectivity index (χ4v) is 4.62. The number of para-hydroxylation sites is 1. The third-order valence-corrected chi connectivity index (χ3v) is 6.42. The van der Waals surface area contributed by atoms with E-state index in [4.69, 9.17) is 9.72 Å². The molecule has 0 bridgehead atoms. The third kappa shape index (κ3) is 5.14. The molecule has 162 valence electrons. The van der Waals surface area contributed by atoms with Gasteiger partial charge in [-0.1, -0.05) is 24.3 Å². The van der Waals surface area contributed by atoms with E-state index in [1.54, 1.807) is 17.4 Å². The molecule has 0 radical (unpaired) electrons. The Morgan fingerprint density at radius 1 is 1.29 bits per heavy atom. The standard InChI is InChI=1S/C25H29N3O2S/c1-18-7-4-8-19-15-20(25(27(2)3)26-24(18)19)16-28(17-21-9-5-13-30-21)23(29)12-11-22-10-6-14-31-22/h4,6-8,10-12,14-15,21H,5,9,13,16-17H2,1-3H3/b12-11+/t21-/m1/s1. The highest BCUT2D eigenvalue weighted by Gasteiger charge is 2.23. The SMILES string of the molecule is Cc1cccc2cc(CN(C[C@H]3CCCO3)C(=O)/C=C/c3cccs3)c(N(C)C)nc12. The van der Waals surface area contributed by atoms with Crippen LogP contribution in [-0.2, 0) is 16.1 Å². The van der Waals surface area contributed by atoms with Crippen LogP contribution in [0.3, 0.4) is 0 Å². The van der Waals surface area contributed by atoms with E-state index < -0.39 is 0 Å². The summed E-state index contributed by atoms with van der Waals surface area (Å²) in [7, 11) is 4.00. The quantitative estimate of drug-likeness (QED) is 0.496. The second-order valence-electron chi connectivity index (χ2n) is 8.21. The summed E-state index contributed by atoms with van der Waals surface area (Å²) in [5.74, 6) is 0.895. The van der Waals surface area contributed by atoms with E-state index in [9.17, 15) is 4.79 Å². The summed E-state index contributed by atoms with van der Waals surface area (Å²) in [5.41, 5.74) is 3.20. The molecule has 1 aliphatic heterocycles. The Morgan fingerprint density at radius 3 is 2.87 bits per heavy atom. The lowest BCUT2D eigenvalue weighted by Gasteiger charge is -2.27. The fraction of sp³-hybridized carbons (Fsp3) is 0.360. The molecule has 0 spiro atoms. The summed E-state index contributed by atoms with van der Waals surface area (Å²) in [6, 6.07) is 12.4. The van der Waals surface area contributed by atoms with Crippen LogP contribution >= 0.6 is 11.3 Å². The molecule has 1 amide bonds. The van der Waals surface area contributed by atoms with Crippen molar-refractivity contribution in [2.24, 2.45) is 0 Å². The van der Waals surface area contributed by atoms with Gasteiger partial charge in [-0.15, -0.1) is 11.3 Å². The van der Waals surface area contributed by atoms with Crippen LogP contribution in [0.2, 0.25) is 0 Å². The number of hydrogen-bond acceptors (Lipinski definition) is 5. The van der Waals surface area contributed by atoms with Crippen molar-refractivity contribution in [3.8, 4) is 0 Å². The number of aryl methyl sites for hydroxylation is 1. The van der Waals surface area contributed by atoms with E-state index in [0.29, 0.717) is 13.1 Å². The van der Waals surface area contributed by atoms with Gasteiger partial charge in [0.15, 0.2) is 0 Å². The van der Waals surface area contributed by atoms with Crippen LogP contribution < -0.4 is 4.90 Å². The molecule has 6 heteroatoms. The molecule has 1 atom stereocenters. The Balaban J connectivity index is 1.65. The van der Waals surface area contributed by atoms with E-state index in [1.807, 2.05) is 47.5 Å². The smallest absolute Gasteiger partial charge is 0.246 e. The highest BCUT2D eigenvalue weighted by atomic mass is 32.1. The maximum atomic E-state index is 13.2. The van der Waals surface area contributed by atoms with E-state index in [1.165, 1.54) is 0 Å². The number of carbonyl (C=O) groups excluding carboxylic acids is 1. The Labute approximate surface area is 188 Å². The molecule has 1 aliphatic rings. The fourth-order valence-electron chi connectivity index (χ4n) is 4.00. The number of amides is 1. The van der Waals surface area contributed by atoms with Crippen molar-refractivity contribution in [3.05, 3.63) is 63.9 Å². The number of rotatable bonds is 7. The zero-order valence-electron chi connectivity index (χ0n) is 18.4. The number of fused-ring (bicyclic) bond motifs is 1. The van der Waals surface area contributed by atoms with Crippen molar-refractivity contribution in [1.29, 1.82) is 0 Å². The lowest BCUT2D eigenvalue weighted by atomic mass is 10.1. The molecule has 1 aromatic carbocycles.